The van der Waals surface area contributed by atoms with Gasteiger partial charge in [0.1, 0.15) is 5.69 Å². The SMILES string of the molecule is CC(C)NS(=O)(=O)c1ccc(NC[C@@H](c2cccs2)N(C)C)c([N+](=O)[O-])c1. The number of likely N-dealkylation sites (N-methyl/N-ethyl adjacent to an activating group) is 1. The first kappa shape index (κ1) is 21.3. The molecule has 0 fully saturated rings. The van der Waals surface area contributed by atoms with Crippen molar-refractivity contribution in [2.24, 2.45) is 0 Å². The van der Waals surface area contributed by atoms with Crippen molar-refractivity contribution in [2.45, 2.75) is 30.8 Å². The van der Waals surface area contributed by atoms with Gasteiger partial charge in [0.2, 0.25) is 10.0 Å². The van der Waals surface area contributed by atoms with Crippen molar-refractivity contribution in [3.05, 3.63) is 50.7 Å². The summed E-state index contributed by atoms with van der Waals surface area (Å²) in [6, 6.07) is 7.60. The van der Waals surface area contributed by atoms with Crippen LogP contribution in [0.3, 0.4) is 0 Å². The van der Waals surface area contributed by atoms with E-state index in [2.05, 4.69) is 10.0 Å². The number of hydrogen-bond donors (Lipinski definition) is 2. The Labute approximate surface area is 163 Å². The van der Waals surface area contributed by atoms with Crippen molar-refractivity contribution >= 4 is 32.7 Å². The van der Waals surface area contributed by atoms with Crippen LogP contribution in [-0.4, -0.2) is 44.9 Å². The van der Waals surface area contributed by atoms with E-state index in [1.807, 2.05) is 36.5 Å². The Morgan fingerprint density at radius 2 is 1.96 bits per heavy atom. The molecule has 1 atom stereocenters. The van der Waals surface area contributed by atoms with Crippen molar-refractivity contribution in [3.8, 4) is 0 Å². The lowest BCUT2D eigenvalue weighted by molar-refractivity contribution is -0.384. The minimum atomic E-state index is -3.80. The van der Waals surface area contributed by atoms with E-state index in [1.165, 1.54) is 12.1 Å². The van der Waals surface area contributed by atoms with Crippen LogP contribution in [0.1, 0.15) is 24.8 Å². The topological polar surface area (TPSA) is 105 Å². The van der Waals surface area contributed by atoms with Crippen molar-refractivity contribution in [3.63, 3.8) is 0 Å². The van der Waals surface area contributed by atoms with Gasteiger partial charge in [-0.3, -0.25) is 10.1 Å². The van der Waals surface area contributed by atoms with E-state index >= 15 is 0 Å². The van der Waals surface area contributed by atoms with Crippen molar-refractivity contribution in [1.29, 1.82) is 0 Å². The molecule has 10 heteroatoms. The second-order valence-corrected chi connectivity index (χ2v) is 9.28. The molecule has 0 unspecified atom stereocenters. The fourth-order valence-electron chi connectivity index (χ4n) is 2.58. The monoisotopic (exact) mass is 412 g/mol. The molecule has 0 bridgehead atoms. The number of rotatable bonds is 9. The number of sulfonamides is 1. The van der Waals surface area contributed by atoms with Crippen LogP contribution >= 0.6 is 11.3 Å². The van der Waals surface area contributed by atoms with Gasteiger partial charge in [-0.1, -0.05) is 6.07 Å². The summed E-state index contributed by atoms with van der Waals surface area (Å²) >= 11 is 1.61. The van der Waals surface area contributed by atoms with Crippen LogP contribution in [0.2, 0.25) is 0 Å². The highest BCUT2D eigenvalue weighted by molar-refractivity contribution is 7.89. The normalized spacial score (nSPS) is 13.1. The Bertz CT molecular complexity index is 880. The molecule has 0 saturated carbocycles. The van der Waals surface area contributed by atoms with Gasteiger partial charge in [0, 0.05) is 23.5 Å². The van der Waals surface area contributed by atoms with E-state index in [-0.39, 0.29) is 28.4 Å². The lowest BCUT2D eigenvalue weighted by Gasteiger charge is -2.24. The molecule has 0 amide bonds. The molecule has 0 aliphatic rings. The zero-order valence-corrected chi connectivity index (χ0v) is 17.3. The lowest BCUT2D eigenvalue weighted by atomic mass is 10.2. The summed E-state index contributed by atoms with van der Waals surface area (Å²) in [4.78, 5) is 13.9. The largest absolute Gasteiger partial charge is 0.378 e. The van der Waals surface area contributed by atoms with E-state index in [4.69, 9.17) is 0 Å². The van der Waals surface area contributed by atoms with Crippen LogP contribution < -0.4 is 10.0 Å². The zero-order chi connectivity index (χ0) is 20.2. The number of nitro groups is 1. The highest BCUT2D eigenvalue weighted by Crippen LogP contribution is 2.30. The second kappa shape index (κ2) is 8.79. The Kier molecular flexibility index (Phi) is 6.93. The molecule has 2 N–H and O–H groups in total. The first-order valence-corrected chi connectivity index (χ1v) is 10.7. The van der Waals surface area contributed by atoms with Gasteiger partial charge in [-0.15, -0.1) is 11.3 Å². The predicted octanol–water partition coefficient (Wildman–Crippen LogP) is 3.06. The summed E-state index contributed by atoms with van der Waals surface area (Å²) in [6.07, 6.45) is 0. The van der Waals surface area contributed by atoms with Gasteiger partial charge < -0.3 is 10.2 Å². The van der Waals surface area contributed by atoms with Gasteiger partial charge in [-0.05, 0) is 51.5 Å². The van der Waals surface area contributed by atoms with E-state index in [9.17, 15) is 18.5 Å². The highest BCUT2D eigenvalue weighted by Gasteiger charge is 2.23. The Morgan fingerprint density at radius 1 is 1.26 bits per heavy atom. The Hall–Kier alpha value is -2.01. The molecule has 2 aromatic rings. The molecule has 1 aromatic carbocycles. The standard InChI is InChI=1S/C17H24N4O4S2/c1-12(2)19-27(24,25)13-7-8-14(15(10-13)21(22)23)18-11-16(20(3)4)17-6-5-9-26-17/h5-10,12,16,18-19H,11H2,1-4H3/t16-/m0/s1. The minimum Gasteiger partial charge on any atom is -0.378 e. The summed E-state index contributed by atoms with van der Waals surface area (Å²) in [5.74, 6) is 0. The Balaban J connectivity index is 2.28. The van der Waals surface area contributed by atoms with E-state index in [0.29, 0.717) is 6.54 Å². The van der Waals surface area contributed by atoms with Gasteiger partial charge >= 0.3 is 0 Å². The van der Waals surface area contributed by atoms with E-state index < -0.39 is 14.9 Å². The molecule has 0 aliphatic heterocycles. The average Bonchev–Trinajstić information content (AvgIpc) is 3.07. The van der Waals surface area contributed by atoms with Gasteiger partial charge in [-0.2, -0.15) is 0 Å². The van der Waals surface area contributed by atoms with E-state index in [1.54, 1.807) is 25.2 Å². The molecule has 2 rings (SSSR count). The number of nitrogens with one attached hydrogen (secondary N) is 2. The Morgan fingerprint density at radius 3 is 2.48 bits per heavy atom. The number of nitro benzene ring substituents is 1. The summed E-state index contributed by atoms with van der Waals surface area (Å²) in [6.45, 7) is 3.83. The van der Waals surface area contributed by atoms with Crippen LogP contribution in [0.5, 0.6) is 0 Å². The van der Waals surface area contributed by atoms with Crippen LogP contribution in [0, 0.1) is 10.1 Å². The van der Waals surface area contributed by atoms with Crippen molar-refractivity contribution in [2.75, 3.05) is 26.0 Å². The number of hydrogen-bond acceptors (Lipinski definition) is 7. The summed E-state index contributed by atoms with van der Waals surface area (Å²) in [5, 5.41) is 16.5. The lowest BCUT2D eigenvalue weighted by Crippen LogP contribution is -2.30. The zero-order valence-electron chi connectivity index (χ0n) is 15.7. The van der Waals surface area contributed by atoms with Crippen LogP contribution in [0.15, 0.2) is 40.6 Å². The molecule has 1 heterocycles. The molecular weight excluding hydrogens is 388 g/mol. The molecule has 148 valence electrons. The minimum absolute atomic E-state index is 0.0376. The predicted molar refractivity (Wildman–Crippen MR) is 108 cm³/mol. The van der Waals surface area contributed by atoms with Gasteiger partial charge in [0.25, 0.3) is 5.69 Å². The summed E-state index contributed by atoms with van der Waals surface area (Å²) < 4.78 is 27.0. The molecule has 0 radical (unpaired) electrons. The summed E-state index contributed by atoms with van der Waals surface area (Å²) in [5.41, 5.74) is 0.0113. The quantitative estimate of drug-likeness (QED) is 0.484. The smallest absolute Gasteiger partial charge is 0.293 e. The van der Waals surface area contributed by atoms with E-state index in [0.717, 1.165) is 10.9 Å². The van der Waals surface area contributed by atoms with Crippen molar-refractivity contribution in [1.82, 2.24) is 9.62 Å². The van der Waals surface area contributed by atoms with Gasteiger partial charge in [0.05, 0.1) is 15.9 Å². The molecule has 0 aliphatic carbocycles. The number of nitrogens with zero attached hydrogens (tertiary/aromatic N) is 2. The molecule has 27 heavy (non-hydrogen) atoms. The maximum Gasteiger partial charge on any atom is 0.293 e. The van der Waals surface area contributed by atoms with Crippen LogP contribution in [-0.2, 0) is 10.0 Å². The molecule has 8 nitrogen and oxygen atoms in total. The number of thiophene rings is 1. The van der Waals surface area contributed by atoms with Gasteiger partial charge in [-0.25, -0.2) is 13.1 Å². The molecule has 0 saturated heterocycles. The second-order valence-electron chi connectivity index (χ2n) is 6.59. The summed E-state index contributed by atoms with van der Waals surface area (Å²) in [7, 11) is 0.0752. The molecule has 0 spiro atoms. The maximum atomic E-state index is 12.3. The fraction of sp³-hybridized carbons (Fsp3) is 0.412. The maximum absolute atomic E-state index is 12.3. The average molecular weight is 413 g/mol. The number of benzene rings is 1. The van der Waals surface area contributed by atoms with Crippen LogP contribution in [0.25, 0.3) is 0 Å². The third-order valence-corrected chi connectivity index (χ3v) is 6.48. The highest BCUT2D eigenvalue weighted by atomic mass is 32.2. The number of anilines is 1. The first-order valence-electron chi connectivity index (χ1n) is 8.36. The third kappa shape index (κ3) is 5.48. The first-order chi connectivity index (χ1) is 12.6. The van der Waals surface area contributed by atoms with Crippen LogP contribution in [0.4, 0.5) is 11.4 Å². The molecule has 1 aromatic heterocycles. The van der Waals surface area contributed by atoms with Crippen molar-refractivity contribution < 1.29 is 13.3 Å². The fourth-order valence-corrected chi connectivity index (χ4v) is 4.78. The molecular formula is C17H24N4O4S2. The van der Waals surface area contributed by atoms with Gasteiger partial charge in [0.15, 0.2) is 0 Å². The third-order valence-electron chi connectivity index (χ3n) is 3.85.